The topological polar surface area (TPSA) is 58.9 Å². The zero-order valence-electron chi connectivity index (χ0n) is 8.06. The van der Waals surface area contributed by atoms with E-state index in [1.54, 1.807) is 12.2 Å². The zero-order valence-corrected chi connectivity index (χ0v) is 8.06. The Kier molecular flexibility index (Phi) is 2.10. The number of hydrogen-bond donors (Lipinski definition) is 0. The van der Waals surface area contributed by atoms with Gasteiger partial charge in [0.25, 0.3) is 0 Å². The molecule has 0 spiro atoms. The molecule has 4 heteroatoms. The molecule has 2 saturated carbocycles. The quantitative estimate of drug-likeness (QED) is 0.487. The lowest BCUT2D eigenvalue weighted by molar-refractivity contribution is 0.277. The molecule has 14 heavy (non-hydrogen) atoms. The normalized spacial score (nSPS) is 44.2. The van der Waals surface area contributed by atoms with E-state index in [2.05, 4.69) is 9.98 Å². The summed E-state index contributed by atoms with van der Waals surface area (Å²) in [6.07, 6.45) is 6.01. The first-order valence-electron chi connectivity index (χ1n) is 4.85. The van der Waals surface area contributed by atoms with Crippen LogP contribution in [0.3, 0.4) is 0 Å². The van der Waals surface area contributed by atoms with Crippen LogP contribution in [0.2, 0.25) is 0 Å². The van der Waals surface area contributed by atoms with Gasteiger partial charge >= 0.3 is 0 Å². The molecule has 0 aromatic carbocycles. The van der Waals surface area contributed by atoms with Crippen molar-refractivity contribution in [2.45, 2.75) is 37.8 Å². The molecule has 0 radical (unpaired) electrons. The minimum atomic E-state index is -0.249. The predicted molar refractivity (Wildman–Crippen MR) is 49.3 cm³/mol. The number of hydrogen-bond acceptors (Lipinski definition) is 4. The van der Waals surface area contributed by atoms with E-state index in [9.17, 15) is 9.59 Å². The third-order valence-electron chi connectivity index (χ3n) is 3.73. The third kappa shape index (κ3) is 1.24. The first-order valence-corrected chi connectivity index (χ1v) is 4.85. The van der Waals surface area contributed by atoms with Crippen molar-refractivity contribution in [3.05, 3.63) is 0 Å². The van der Waals surface area contributed by atoms with Crippen molar-refractivity contribution >= 4 is 12.2 Å². The van der Waals surface area contributed by atoms with Crippen LogP contribution in [0, 0.1) is 11.8 Å². The monoisotopic (exact) mass is 192 g/mol. The molecule has 2 rings (SSSR count). The maximum absolute atomic E-state index is 10.3. The van der Waals surface area contributed by atoms with Crippen LogP contribution in [-0.2, 0) is 9.59 Å². The smallest absolute Gasteiger partial charge is 0.211 e. The van der Waals surface area contributed by atoms with Crippen molar-refractivity contribution in [1.29, 1.82) is 0 Å². The van der Waals surface area contributed by atoms with Crippen molar-refractivity contribution in [1.82, 2.24) is 0 Å². The fourth-order valence-electron chi connectivity index (χ4n) is 2.99. The number of nitrogens with zero attached hydrogens (tertiary/aromatic N) is 2. The van der Waals surface area contributed by atoms with Crippen molar-refractivity contribution in [3.63, 3.8) is 0 Å². The van der Waals surface area contributed by atoms with E-state index < -0.39 is 0 Å². The summed E-state index contributed by atoms with van der Waals surface area (Å²) < 4.78 is 0. The fraction of sp³-hybridized carbons (Fsp3) is 0.800. The van der Waals surface area contributed by atoms with Gasteiger partial charge < -0.3 is 0 Å². The Morgan fingerprint density at radius 1 is 1.29 bits per heavy atom. The Balaban J connectivity index is 2.16. The lowest BCUT2D eigenvalue weighted by Gasteiger charge is -2.30. The van der Waals surface area contributed by atoms with E-state index in [1.807, 2.05) is 6.92 Å². The summed E-state index contributed by atoms with van der Waals surface area (Å²) in [7, 11) is 0. The van der Waals surface area contributed by atoms with Crippen LogP contribution < -0.4 is 0 Å². The summed E-state index contributed by atoms with van der Waals surface area (Å²) in [6, 6.07) is 0.118. The van der Waals surface area contributed by atoms with Crippen molar-refractivity contribution in [2.24, 2.45) is 21.8 Å². The van der Waals surface area contributed by atoms with E-state index in [-0.39, 0.29) is 11.6 Å². The van der Waals surface area contributed by atoms with Crippen LogP contribution in [0.25, 0.3) is 0 Å². The van der Waals surface area contributed by atoms with Crippen LogP contribution in [0.4, 0.5) is 0 Å². The van der Waals surface area contributed by atoms with Crippen molar-refractivity contribution in [2.75, 3.05) is 0 Å². The van der Waals surface area contributed by atoms with Gasteiger partial charge in [0.05, 0.1) is 11.6 Å². The van der Waals surface area contributed by atoms with Gasteiger partial charge in [0.2, 0.25) is 12.2 Å². The Labute approximate surface area is 82.1 Å². The number of carbonyl (C=O) groups excluding carboxylic acids is 2. The van der Waals surface area contributed by atoms with Gasteiger partial charge in [-0.15, -0.1) is 0 Å². The molecular formula is C10H12N2O2. The lowest BCUT2D eigenvalue weighted by atomic mass is 9.81. The molecule has 0 amide bonds. The molecule has 0 saturated heterocycles. The largest absolute Gasteiger partial charge is 0.235 e. The van der Waals surface area contributed by atoms with Crippen LogP contribution in [0.1, 0.15) is 26.2 Å². The van der Waals surface area contributed by atoms with Gasteiger partial charge in [-0.3, -0.25) is 0 Å². The van der Waals surface area contributed by atoms with E-state index in [0.29, 0.717) is 11.8 Å². The standard InChI is InChI=1S/C10H12N2O2/c1-10(12-6-14)4-7-2-8(10)3-9(7)11-5-13/h7-9H,2-4H2,1H3. The van der Waals surface area contributed by atoms with Gasteiger partial charge in [0.1, 0.15) is 0 Å². The van der Waals surface area contributed by atoms with E-state index in [1.165, 1.54) is 0 Å². The van der Waals surface area contributed by atoms with Crippen LogP contribution in [-0.4, -0.2) is 23.7 Å². The van der Waals surface area contributed by atoms with Crippen LogP contribution in [0.15, 0.2) is 9.98 Å². The van der Waals surface area contributed by atoms with E-state index in [4.69, 9.17) is 0 Å². The van der Waals surface area contributed by atoms with Gasteiger partial charge in [-0.25, -0.2) is 14.6 Å². The summed E-state index contributed by atoms with van der Waals surface area (Å²) >= 11 is 0. The molecular weight excluding hydrogens is 180 g/mol. The molecule has 0 aliphatic heterocycles. The molecule has 2 bridgehead atoms. The maximum atomic E-state index is 10.3. The summed E-state index contributed by atoms with van der Waals surface area (Å²) in [5.74, 6) is 0.791. The highest BCUT2D eigenvalue weighted by Gasteiger charge is 2.53. The molecule has 74 valence electrons. The van der Waals surface area contributed by atoms with Crippen molar-refractivity contribution in [3.8, 4) is 0 Å². The molecule has 4 nitrogen and oxygen atoms in total. The highest BCUT2D eigenvalue weighted by Crippen LogP contribution is 2.53. The van der Waals surface area contributed by atoms with Crippen LogP contribution in [0.5, 0.6) is 0 Å². The average molecular weight is 192 g/mol. The molecule has 0 aromatic heterocycles. The fourth-order valence-corrected chi connectivity index (χ4v) is 2.99. The minimum Gasteiger partial charge on any atom is -0.211 e. The molecule has 2 aliphatic carbocycles. The zero-order chi connectivity index (χ0) is 10.2. The number of fused-ring (bicyclic) bond motifs is 2. The Hall–Kier alpha value is -1.24. The second-order valence-electron chi connectivity index (χ2n) is 4.48. The van der Waals surface area contributed by atoms with Gasteiger partial charge in [0, 0.05) is 0 Å². The molecule has 2 fully saturated rings. The highest BCUT2D eigenvalue weighted by molar-refractivity contribution is 5.37. The Bertz CT molecular complexity index is 342. The molecule has 4 atom stereocenters. The summed E-state index contributed by atoms with van der Waals surface area (Å²) in [5, 5.41) is 0. The maximum Gasteiger partial charge on any atom is 0.235 e. The Morgan fingerprint density at radius 3 is 2.57 bits per heavy atom. The minimum absolute atomic E-state index is 0.118. The van der Waals surface area contributed by atoms with Gasteiger partial charge in [-0.1, -0.05) is 0 Å². The first-order chi connectivity index (χ1) is 6.69. The molecule has 0 aromatic rings. The number of rotatable bonds is 2. The molecule has 0 N–H and O–H groups in total. The first kappa shape index (κ1) is 9.32. The summed E-state index contributed by atoms with van der Waals surface area (Å²) in [6.45, 7) is 1.99. The highest BCUT2D eigenvalue weighted by atomic mass is 16.1. The van der Waals surface area contributed by atoms with Gasteiger partial charge in [0.15, 0.2) is 0 Å². The van der Waals surface area contributed by atoms with Gasteiger partial charge in [-0.2, -0.15) is 4.99 Å². The Morgan fingerprint density at radius 2 is 2.07 bits per heavy atom. The SMILES string of the molecule is CC1(N=C=O)CC2CC1CC2N=C=O. The number of aliphatic imine (C=N–C) groups is 2. The third-order valence-corrected chi connectivity index (χ3v) is 3.73. The average Bonchev–Trinajstić information content (AvgIpc) is 2.62. The molecule has 4 unspecified atom stereocenters. The summed E-state index contributed by atoms with van der Waals surface area (Å²) in [5.41, 5.74) is -0.249. The lowest BCUT2D eigenvalue weighted by Crippen LogP contribution is -2.33. The van der Waals surface area contributed by atoms with E-state index in [0.717, 1.165) is 19.3 Å². The molecule has 2 aliphatic rings. The van der Waals surface area contributed by atoms with Gasteiger partial charge in [-0.05, 0) is 38.0 Å². The second-order valence-corrected chi connectivity index (χ2v) is 4.48. The second kappa shape index (κ2) is 3.16. The molecule has 0 heterocycles. The predicted octanol–water partition coefficient (Wildman–Crippen LogP) is 1.22. The summed E-state index contributed by atoms with van der Waals surface area (Å²) in [4.78, 5) is 28.1. The van der Waals surface area contributed by atoms with E-state index >= 15 is 0 Å². The van der Waals surface area contributed by atoms with Crippen LogP contribution >= 0.6 is 0 Å². The van der Waals surface area contributed by atoms with Crippen molar-refractivity contribution < 1.29 is 9.59 Å². The number of isocyanates is 2.